The number of rotatable bonds is 5. The smallest absolute Gasteiger partial charge is 0.350 e. The molecule has 0 spiro atoms. The molecule has 0 unspecified atom stereocenters. The predicted octanol–water partition coefficient (Wildman–Crippen LogP) is 3.31. The van der Waals surface area contributed by atoms with Crippen LogP contribution in [-0.2, 0) is 19.3 Å². The maximum Gasteiger partial charge on any atom is 0.433 e. The molecule has 0 amide bonds. The number of benzene rings is 1. The number of aromatic nitrogens is 2. The summed E-state index contributed by atoms with van der Waals surface area (Å²) >= 11 is 0. The van der Waals surface area contributed by atoms with Gasteiger partial charge in [0.2, 0.25) is 5.95 Å². The number of halogens is 4. The second kappa shape index (κ2) is 6.91. The second-order valence-corrected chi connectivity index (χ2v) is 5.28. The molecule has 8 heteroatoms. The maximum atomic E-state index is 13.7. The average Bonchev–Trinajstić information content (AvgIpc) is 2.47. The third-order valence-corrected chi connectivity index (χ3v) is 2.99. The fourth-order valence-corrected chi connectivity index (χ4v) is 1.98. The summed E-state index contributed by atoms with van der Waals surface area (Å²) in [5.41, 5.74) is 0.228. The molecule has 0 radical (unpaired) electrons. The molecule has 124 valence electrons. The highest BCUT2D eigenvalue weighted by Crippen LogP contribution is 2.27. The lowest BCUT2D eigenvalue weighted by Crippen LogP contribution is -2.13. The van der Waals surface area contributed by atoms with E-state index in [0.29, 0.717) is 12.1 Å². The van der Waals surface area contributed by atoms with Gasteiger partial charge in [-0.1, -0.05) is 6.07 Å². The van der Waals surface area contributed by atoms with E-state index in [2.05, 4.69) is 15.3 Å². The van der Waals surface area contributed by atoms with Crippen LogP contribution < -0.4 is 5.32 Å². The topological polar surface area (TPSA) is 41.0 Å². The van der Waals surface area contributed by atoms with Gasteiger partial charge in [0.15, 0.2) is 0 Å². The van der Waals surface area contributed by atoms with Crippen LogP contribution in [0.5, 0.6) is 0 Å². The third-order valence-electron chi connectivity index (χ3n) is 2.99. The summed E-state index contributed by atoms with van der Waals surface area (Å²) in [5, 5.41) is 2.72. The van der Waals surface area contributed by atoms with Crippen LogP contribution in [0.25, 0.3) is 0 Å². The fraction of sp³-hybridized carbons (Fsp3) is 0.333. The largest absolute Gasteiger partial charge is 0.433 e. The van der Waals surface area contributed by atoms with E-state index in [1.54, 1.807) is 12.1 Å². The zero-order valence-electron chi connectivity index (χ0n) is 12.7. The number of hydrogen-bond donors (Lipinski definition) is 1. The van der Waals surface area contributed by atoms with E-state index in [-0.39, 0.29) is 18.3 Å². The molecule has 1 aromatic heterocycles. The van der Waals surface area contributed by atoms with Gasteiger partial charge in [0, 0.05) is 24.8 Å². The van der Waals surface area contributed by atoms with Crippen molar-refractivity contribution in [2.24, 2.45) is 0 Å². The molecule has 1 N–H and O–H groups in total. The summed E-state index contributed by atoms with van der Waals surface area (Å²) in [7, 11) is 3.64. The Morgan fingerprint density at radius 2 is 1.91 bits per heavy atom. The zero-order valence-corrected chi connectivity index (χ0v) is 12.7. The van der Waals surface area contributed by atoms with E-state index >= 15 is 0 Å². The van der Waals surface area contributed by atoms with Gasteiger partial charge in [-0.05, 0) is 37.9 Å². The van der Waals surface area contributed by atoms with Gasteiger partial charge >= 0.3 is 6.18 Å². The van der Waals surface area contributed by atoms with Gasteiger partial charge in [0.1, 0.15) is 11.5 Å². The Bertz CT molecular complexity index is 671. The average molecular weight is 328 g/mol. The first-order valence-electron chi connectivity index (χ1n) is 6.82. The molecular formula is C15H16F4N4. The van der Waals surface area contributed by atoms with Crippen LogP contribution in [0.1, 0.15) is 16.8 Å². The lowest BCUT2D eigenvalue weighted by Gasteiger charge is -2.13. The van der Waals surface area contributed by atoms with E-state index in [9.17, 15) is 17.6 Å². The summed E-state index contributed by atoms with van der Waals surface area (Å²) in [6.07, 6.45) is -3.48. The number of hydrogen-bond acceptors (Lipinski definition) is 4. The van der Waals surface area contributed by atoms with Gasteiger partial charge in [-0.2, -0.15) is 13.2 Å². The van der Waals surface area contributed by atoms with E-state index in [4.69, 9.17) is 0 Å². The minimum atomic E-state index is -4.52. The van der Waals surface area contributed by atoms with Crippen LogP contribution in [0.15, 0.2) is 30.5 Å². The van der Waals surface area contributed by atoms with Gasteiger partial charge < -0.3 is 10.2 Å². The maximum absolute atomic E-state index is 13.7. The molecule has 2 rings (SSSR count). The van der Waals surface area contributed by atoms with Crippen molar-refractivity contribution in [3.8, 4) is 0 Å². The molecule has 0 saturated heterocycles. The zero-order chi connectivity index (χ0) is 17.0. The molecule has 0 aliphatic rings. The molecule has 1 aromatic carbocycles. The number of anilines is 1. The van der Waals surface area contributed by atoms with Crippen LogP contribution in [0.3, 0.4) is 0 Å². The Labute approximate surface area is 131 Å². The Balaban J connectivity index is 2.09. The Morgan fingerprint density at radius 1 is 1.17 bits per heavy atom. The Hall–Kier alpha value is -2.22. The lowest BCUT2D eigenvalue weighted by atomic mass is 10.1. The van der Waals surface area contributed by atoms with Crippen molar-refractivity contribution in [2.75, 3.05) is 19.4 Å². The Kier molecular flexibility index (Phi) is 5.15. The molecule has 2 aromatic rings. The molecular weight excluding hydrogens is 312 g/mol. The molecule has 0 aliphatic heterocycles. The van der Waals surface area contributed by atoms with Crippen LogP contribution in [0.4, 0.5) is 23.5 Å². The fourth-order valence-electron chi connectivity index (χ4n) is 1.98. The summed E-state index contributed by atoms with van der Waals surface area (Å²) in [6, 6.07) is 5.37. The molecule has 0 atom stereocenters. The van der Waals surface area contributed by atoms with Gasteiger partial charge in [0.25, 0.3) is 0 Å². The van der Waals surface area contributed by atoms with Crippen molar-refractivity contribution in [1.29, 1.82) is 0 Å². The van der Waals surface area contributed by atoms with Gasteiger partial charge in [-0.15, -0.1) is 0 Å². The highest BCUT2D eigenvalue weighted by atomic mass is 19.4. The van der Waals surface area contributed by atoms with Gasteiger partial charge in [-0.3, -0.25) is 0 Å². The van der Waals surface area contributed by atoms with Crippen molar-refractivity contribution in [1.82, 2.24) is 14.9 Å². The van der Waals surface area contributed by atoms with Crippen LogP contribution in [0.2, 0.25) is 0 Å². The van der Waals surface area contributed by atoms with Crippen LogP contribution in [0, 0.1) is 5.82 Å². The summed E-state index contributed by atoms with van der Waals surface area (Å²) in [4.78, 5) is 8.99. The SMILES string of the molecule is CN(C)Cc1cc(CNc2nccc(C(F)(F)F)n2)ccc1F. The quantitative estimate of drug-likeness (QED) is 0.855. The van der Waals surface area contributed by atoms with E-state index in [1.165, 1.54) is 6.07 Å². The number of nitrogens with zero attached hydrogens (tertiary/aromatic N) is 3. The van der Waals surface area contributed by atoms with Crippen molar-refractivity contribution < 1.29 is 17.6 Å². The van der Waals surface area contributed by atoms with E-state index in [0.717, 1.165) is 17.8 Å². The minimum absolute atomic E-state index is 0.127. The second-order valence-electron chi connectivity index (χ2n) is 5.28. The monoisotopic (exact) mass is 328 g/mol. The first-order valence-corrected chi connectivity index (χ1v) is 6.82. The minimum Gasteiger partial charge on any atom is -0.350 e. The standard InChI is InChI=1S/C15H16F4N4/c1-23(2)9-11-7-10(3-4-12(11)16)8-21-14-20-6-5-13(22-14)15(17,18)19/h3-7H,8-9H2,1-2H3,(H,20,21,22). The third kappa shape index (κ3) is 4.88. The molecule has 23 heavy (non-hydrogen) atoms. The first kappa shape index (κ1) is 17.1. The highest BCUT2D eigenvalue weighted by molar-refractivity contribution is 5.31. The van der Waals surface area contributed by atoms with Crippen molar-refractivity contribution in [3.05, 3.63) is 53.1 Å². The first-order chi connectivity index (χ1) is 10.8. The van der Waals surface area contributed by atoms with Gasteiger partial charge in [0.05, 0.1) is 0 Å². The van der Waals surface area contributed by atoms with Crippen molar-refractivity contribution in [3.63, 3.8) is 0 Å². The molecule has 0 aliphatic carbocycles. The number of alkyl halides is 3. The normalized spacial score (nSPS) is 11.8. The molecule has 0 saturated carbocycles. The summed E-state index contributed by atoms with van der Waals surface area (Å²) in [5.74, 6) is -0.448. The van der Waals surface area contributed by atoms with E-state index < -0.39 is 11.9 Å². The van der Waals surface area contributed by atoms with Crippen molar-refractivity contribution >= 4 is 5.95 Å². The lowest BCUT2D eigenvalue weighted by molar-refractivity contribution is -0.141. The summed E-state index contributed by atoms with van der Waals surface area (Å²) < 4.78 is 51.4. The van der Waals surface area contributed by atoms with Crippen LogP contribution in [-0.4, -0.2) is 29.0 Å². The molecule has 0 fully saturated rings. The Morgan fingerprint density at radius 3 is 2.57 bits per heavy atom. The highest BCUT2D eigenvalue weighted by Gasteiger charge is 2.32. The predicted molar refractivity (Wildman–Crippen MR) is 78.2 cm³/mol. The molecule has 4 nitrogen and oxygen atoms in total. The van der Waals surface area contributed by atoms with E-state index in [1.807, 2.05) is 19.0 Å². The van der Waals surface area contributed by atoms with Crippen LogP contribution >= 0.6 is 0 Å². The number of nitrogens with one attached hydrogen (secondary N) is 1. The van der Waals surface area contributed by atoms with Crippen molar-refractivity contribution in [2.45, 2.75) is 19.3 Å². The molecule has 1 heterocycles. The molecule has 0 bridgehead atoms. The van der Waals surface area contributed by atoms with Gasteiger partial charge in [-0.25, -0.2) is 14.4 Å². The summed E-state index contributed by atoms with van der Waals surface area (Å²) in [6.45, 7) is 0.627.